The smallest absolute Gasteiger partial charge is 0.339 e. The summed E-state index contributed by atoms with van der Waals surface area (Å²) in [6.45, 7) is 0. The lowest BCUT2D eigenvalue weighted by Crippen LogP contribution is -2.25. The molecule has 1 atom stereocenters. The van der Waals surface area contributed by atoms with Crippen LogP contribution in [0.3, 0.4) is 0 Å². The number of pyridine rings is 1. The SMILES string of the molecule is O=C1C[C@@H](c2cccnc2)c2c(c(C(=O)O)cn2-c2ccccc2F)N1. The van der Waals surface area contributed by atoms with Gasteiger partial charge in [-0.2, -0.15) is 0 Å². The average Bonchev–Trinajstić information content (AvgIpc) is 3.01. The van der Waals surface area contributed by atoms with E-state index < -0.39 is 17.7 Å². The van der Waals surface area contributed by atoms with Crippen molar-refractivity contribution in [3.8, 4) is 5.69 Å². The Balaban J connectivity index is 2.01. The highest BCUT2D eigenvalue weighted by molar-refractivity contribution is 6.04. The molecule has 4 rings (SSSR count). The average molecular weight is 351 g/mol. The number of halogens is 1. The second kappa shape index (κ2) is 6.11. The van der Waals surface area contributed by atoms with Crippen molar-refractivity contribution in [3.05, 3.63) is 77.6 Å². The maximum atomic E-state index is 14.4. The van der Waals surface area contributed by atoms with E-state index in [4.69, 9.17) is 0 Å². The van der Waals surface area contributed by atoms with Gasteiger partial charge in [-0.3, -0.25) is 9.78 Å². The van der Waals surface area contributed by atoms with Crippen LogP contribution in [0.1, 0.15) is 34.0 Å². The first-order valence-electron chi connectivity index (χ1n) is 7.99. The lowest BCUT2D eigenvalue weighted by molar-refractivity contribution is -0.116. The van der Waals surface area contributed by atoms with Gasteiger partial charge < -0.3 is 15.0 Å². The Bertz CT molecular complexity index is 1010. The zero-order chi connectivity index (χ0) is 18.3. The van der Waals surface area contributed by atoms with Crippen LogP contribution in [0.4, 0.5) is 10.1 Å². The van der Waals surface area contributed by atoms with E-state index in [2.05, 4.69) is 10.3 Å². The van der Waals surface area contributed by atoms with E-state index in [1.807, 2.05) is 6.07 Å². The molecule has 1 aliphatic heterocycles. The molecule has 130 valence electrons. The van der Waals surface area contributed by atoms with Gasteiger partial charge in [0.1, 0.15) is 11.4 Å². The minimum atomic E-state index is -1.19. The van der Waals surface area contributed by atoms with Gasteiger partial charge in [-0.05, 0) is 23.8 Å². The first-order valence-corrected chi connectivity index (χ1v) is 7.99. The predicted molar refractivity (Wildman–Crippen MR) is 92.0 cm³/mol. The quantitative estimate of drug-likeness (QED) is 0.759. The number of carbonyl (C=O) groups excluding carboxylic acids is 1. The second-order valence-electron chi connectivity index (χ2n) is 6.02. The van der Waals surface area contributed by atoms with Crippen molar-refractivity contribution in [1.82, 2.24) is 9.55 Å². The van der Waals surface area contributed by atoms with Gasteiger partial charge in [0.2, 0.25) is 5.91 Å². The van der Waals surface area contributed by atoms with Gasteiger partial charge in [0, 0.05) is 30.9 Å². The number of carboxylic acids is 1. The zero-order valence-electron chi connectivity index (χ0n) is 13.5. The Morgan fingerprint density at radius 3 is 2.77 bits per heavy atom. The summed E-state index contributed by atoms with van der Waals surface area (Å²) in [7, 11) is 0. The van der Waals surface area contributed by atoms with Crippen LogP contribution in [-0.4, -0.2) is 26.5 Å². The molecular weight excluding hydrogens is 337 g/mol. The molecule has 2 aromatic heterocycles. The van der Waals surface area contributed by atoms with Crippen LogP contribution < -0.4 is 5.32 Å². The van der Waals surface area contributed by atoms with Gasteiger partial charge in [-0.1, -0.05) is 18.2 Å². The lowest BCUT2D eigenvalue weighted by Gasteiger charge is -2.26. The summed E-state index contributed by atoms with van der Waals surface area (Å²) in [6.07, 6.45) is 4.72. The number of nitrogens with one attached hydrogen (secondary N) is 1. The number of benzene rings is 1. The molecular formula is C19H14FN3O3. The fraction of sp³-hybridized carbons (Fsp3) is 0.105. The molecule has 1 aromatic carbocycles. The van der Waals surface area contributed by atoms with Crippen molar-refractivity contribution in [2.45, 2.75) is 12.3 Å². The van der Waals surface area contributed by atoms with Crippen LogP contribution in [0.25, 0.3) is 5.69 Å². The van der Waals surface area contributed by atoms with E-state index in [0.29, 0.717) is 5.69 Å². The fourth-order valence-corrected chi connectivity index (χ4v) is 3.33. The van der Waals surface area contributed by atoms with Gasteiger partial charge in [-0.25, -0.2) is 9.18 Å². The molecule has 3 aromatic rings. The number of carboxylic acid groups (broad SMARTS) is 1. The molecule has 2 N–H and O–H groups in total. The lowest BCUT2D eigenvalue weighted by atomic mass is 9.89. The van der Waals surface area contributed by atoms with Crippen LogP contribution in [0.2, 0.25) is 0 Å². The Kier molecular flexibility index (Phi) is 3.76. The molecule has 0 saturated carbocycles. The largest absolute Gasteiger partial charge is 0.478 e. The molecule has 0 spiro atoms. The molecule has 26 heavy (non-hydrogen) atoms. The molecule has 0 aliphatic carbocycles. The van der Waals surface area contributed by atoms with Gasteiger partial charge in [0.25, 0.3) is 0 Å². The highest BCUT2D eigenvalue weighted by atomic mass is 19.1. The summed E-state index contributed by atoms with van der Waals surface area (Å²) in [5.74, 6) is -2.40. The van der Waals surface area contributed by atoms with Gasteiger partial charge in [0.05, 0.1) is 17.1 Å². The fourth-order valence-electron chi connectivity index (χ4n) is 3.33. The van der Waals surface area contributed by atoms with Gasteiger partial charge >= 0.3 is 5.97 Å². The molecule has 1 aliphatic rings. The number of hydrogen-bond donors (Lipinski definition) is 2. The van der Waals surface area contributed by atoms with Crippen molar-refractivity contribution in [2.24, 2.45) is 0 Å². The van der Waals surface area contributed by atoms with Crippen LogP contribution >= 0.6 is 0 Å². The summed E-state index contributed by atoms with van der Waals surface area (Å²) in [5, 5.41) is 12.2. The number of aromatic nitrogens is 2. The van der Waals surface area contributed by atoms with Crippen molar-refractivity contribution in [3.63, 3.8) is 0 Å². The number of fused-ring (bicyclic) bond motifs is 1. The topological polar surface area (TPSA) is 84.2 Å². The number of rotatable bonds is 3. The van der Waals surface area contributed by atoms with Crippen molar-refractivity contribution < 1.29 is 19.1 Å². The minimum Gasteiger partial charge on any atom is -0.478 e. The Morgan fingerprint density at radius 1 is 1.27 bits per heavy atom. The number of anilines is 1. The molecule has 0 saturated heterocycles. The van der Waals surface area contributed by atoms with E-state index in [0.717, 1.165) is 5.56 Å². The highest BCUT2D eigenvalue weighted by Gasteiger charge is 2.34. The first-order chi connectivity index (χ1) is 12.6. The number of aromatic carboxylic acids is 1. The predicted octanol–water partition coefficient (Wildman–Crippen LogP) is 3.18. The van der Waals surface area contributed by atoms with E-state index in [1.54, 1.807) is 36.7 Å². The molecule has 1 amide bonds. The van der Waals surface area contributed by atoms with Crippen molar-refractivity contribution in [1.29, 1.82) is 0 Å². The molecule has 0 bridgehead atoms. The van der Waals surface area contributed by atoms with Crippen LogP contribution in [0.15, 0.2) is 55.0 Å². The summed E-state index contributed by atoms with van der Waals surface area (Å²) in [5.41, 5.74) is 1.63. The van der Waals surface area contributed by atoms with E-state index in [9.17, 15) is 19.1 Å². The normalized spacial score (nSPS) is 16.0. The molecule has 3 heterocycles. The number of amides is 1. The highest BCUT2D eigenvalue weighted by Crippen LogP contribution is 2.41. The Hall–Kier alpha value is -3.48. The second-order valence-corrected chi connectivity index (χ2v) is 6.02. The number of nitrogens with zero attached hydrogens (tertiary/aromatic N) is 2. The molecule has 0 fully saturated rings. The van der Waals surface area contributed by atoms with Crippen molar-refractivity contribution >= 4 is 17.6 Å². The summed E-state index contributed by atoms with van der Waals surface area (Å²) in [4.78, 5) is 28.0. The third-order valence-corrected chi connectivity index (χ3v) is 4.46. The Labute approximate surface area is 147 Å². The number of hydrogen-bond acceptors (Lipinski definition) is 3. The molecule has 0 radical (unpaired) electrons. The van der Waals surface area contributed by atoms with E-state index in [-0.39, 0.29) is 29.3 Å². The Morgan fingerprint density at radius 2 is 2.08 bits per heavy atom. The zero-order valence-corrected chi connectivity index (χ0v) is 13.5. The summed E-state index contributed by atoms with van der Waals surface area (Å²) >= 11 is 0. The standard InChI is InChI=1S/C19H14FN3O3/c20-14-5-1-2-6-15(14)23-10-13(19(25)26)17-18(23)12(8-16(24)22-17)11-4-3-7-21-9-11/h1-7,9-10,12H,8H2,(H,22,24)(H,25,26)/t12-/m0/s1. The van der Waals surface area contributed by atoms with Crippen molar-refractivity contribution in [2.75, 3.05) is 5.32 Å². The maximum absolute atomic E-state index is 14.4. The number of carbonyl (C=O) groups is 2. The summed E-state index contributed by atoms with van der Waals surface area (Å²) < 4.78 is 15.9. The van der Waals surface area contributed by atoms with Crippen LogP contribution in [0, 0.1) is 5.82 Å². The maximum Gasteiger partial charge on any atom is 0.339 e. The monoisotopic (exact) mass is 351 g/mol. The molecule has 6 nitrogen and oxygen atoms in total. The molecule has 7 heteroatoms. The van der Waals surface area contributed by atoms with Gasteiger partial charge in [-0.15, -0.1) is 0 Å². The van der Waals surface area contributed by atoms with Gasteiger partial charge in [0.15, 0.2) is 0 Å². The minimum absolute atomic E-state index is 0.0785. The third kappa shape index (κ3) is 2.54. The van der Waals surface area contributed by atoms with E-state index in [1.165, 1.54) is 16.8 Å². The number of para-hydroxylation sites is 1. The van der Waals surface area contributed by atoms with Crippen LogP contribution in [0.5, 0.6) is 0 Å². The first kappa shape index (κ1) is 16.0. The van der Waals surface area contributed by atoms with Crippen LogP contribution in [-0.2, 0) is 4.79 Å². The molecule has 0 unspecified atom stereocenters. The van der Waals surface area contributed by atoms with E-state index >= 15 is 0 Å². The third-order valence-electron chi connectivity index (χ3n) is 4.46. The summed E-state index contributed by atoms with van der Waals surface area (Å²) in [6, 6.07) is 9.68.